The predicted octanol–water partition coefficient (Wildman–Crippen LogP) is 3.31. The lowest BCUT2D eigenvalue weighted by Crippen LogP contribution is -2.08. The third-order valence-corrected chi connectivity index (χ3v) is 3.58. The van der Waals surface area contributed by atoms with E-state index in [1.165, 1.54) is 0 Å². The summed E-state index contributed by atoms with van der Waals surface area (Å²) in [5, 5.41) is 8.92. The summed E-state index contributed by atoms with van der Waals surface area (Å²) in [6, 6.07) is 7.92. The Labute approximate surface area is 107 Å². The highest BCUT2D eigenvalue weighted by atomic mass is 32.2. The molecule has 0 aliphatic carbocycles. The van der Waals surface area contributed by atoms with Gasteiger partial charge in [-0.3, -0.25) is 0 Å². The number of rotatable bonds is 5. The van der Waals surface area contributed by atoms with Gasteiger partial charge in [-0.1, -0.05) is 0 Å². The third-order valence-electron chi connectivity index (χ3n) is 2.51. The molecule has 0 atom stereocenters. The molecular formula is C13H18N2OS. The molecule has 1 aromatic rings. The lowest BCUT2D eigenvalue weighted by Gasteiger charge is -2.14. The fourth-order valence-corrected chi connectivity index (χ4v) is 2.51. The fourth-order valence-electron chi connectivity index (χ4n) is 1.24. The van der Waals surface area contributed by atoms with Crippen LogP contribution in [0, 0.1) is 16.7 Å². The summed E-state index contributed by atoms with van der Waals surface area (Å²) in [4.78, 5) is 1.01. The minimum absolute atomic E-state index is 0.277. The second kappa shape index (κ2) is 5.83. The number of nitrogens with zero attached hydrogens (tertiary/aromatic N) is 1. The van der Waals surface area contributed by atoms with Crippen molar-refractivity contribution in [1.29, 1.82) is 5.26 Å². The molecule has 4 heteroatoms. The molecule has 0 bridgehead atoms. The average Bonchev–Trinajstić information content (AvgIpc) is 2.31. The van der Waals surface area contributed by atoms with Gasteiger partial charge in [0.05, 0.1) is 18.6 Å². The Kier molecular flexibility index (Phi) is 4.71. The monoisotopic (exact) mass is 250 g/mol. The summed E-state index contributed by atoms with van der Waals surface area (Å²) < 4.78 is 5.16. The van der Waals surface area contributed by atoms with Gasteiger partial charge >= 0.3 is 0 Å². The van der Waals surface area contributed by atoms with Gasteiger partial charge < -0.3 is 10.5 Å². The zero-order chi connectivity index (χ0) is 12.9. The number of anilines is 1. The van der Waals surface area contributed by atoms with Crippen LogP contribution in [0.4, 0.5) is 5.69 Å². The average molecular weight is 250 g/mol. The number of thioether (sulfide) groups is 1. The molecule has 92 valence electrons. The minimum Gasteiger partial charge on any atom is -0.497 e. The van der Waals surface area contributed by atoms with Crippen molar-refractivity contribution in [2.75, 3.05) is 18.6 Å². The van der Waals surface area contributed by atoms with Crippen molar-refractivity contribution in [2.45, 2.75) is 25.2 Å². The molecular weight excluding hydrogens is 232 g/mol. The molecule has 0 radical (unpaired) electrons. The molecule has 3 nitrogen and oxygen atoms in total. The highest BCUT2D eigenvalue weighted by Crippen LogP contribution is 2.31. The molecule has 0 amide bonds. The normalized spacial score (nSPS) is 10.9. The van der Waals surface area contributed by atoms with E-state index in [2.05, 4.69) is 6.07 Å². The predicted molar refractivity (Wildman–Crippen MR) is 72.1 cm³/mol. The standard InChI is InChI=1S/C13H18N2OS/c1-13(2,9-14)6-7-17-12-8-10(16-3)4-5-11(12)15/h4-5,8H,6-7,15H2,1-3H3. The van der Waals surface area contributed by atoms with Crippen LogP contribution in [0.3, 0.4) is 0 Å². The van der Waals surface area contributed by atoms with Crippen LogP contribution in [0.5, 0.6) is 5.75 Å². The Hall–Kier alpha value is -1.34. The summed E-state index contributed by atoms with van der Waals surface area (Å²) in [6.07, 6.45) is 0.838. The molecule has 17 heavy (non-hydrogen) atoms. The minimum atomic E-state index is -0.277. The lowest BCUT2D eigenvalue weighted by atomic mass is 9.93. The zero-order valence-electron chi connectivity index (χ0n) is 10.5. The molecule has 0 saturated heterocycles. The van der Waals surface area contributed by atoms with E-state index in [1.807, 2.05) is 32.0 Å². The van der Waals surface area contributed by atoms with Crippen LogP contribution in [0.15, 0.2) is 23.1 Å². The molecule has 0 aliphatic heterocycles. The Morgan fingerprint density at radius 2 is 2.18 bits per heavy atom. The topological polar surface area (TPSA) is 59.0 Å². The molecule has 0 heterocycles. The van der Waals surface area contributed by atoms with Gasteiger partial charge in [-0.2, -0.15) is 5.26 Å². The van der Waals surface area contributed by atoms with Crippen molar-refractivity contribution in [2.24, 2.45) is 5.41 Å². The van der Waals surface area contributed by atoms with Gasteiger partial charge in [-0.05, 0) is 44.2 Å². The van der Waals surface area contributed by atoms with E-state index >= 15 is 0 Å². The third kappa shape index (κ3) is 4.20. The van der Waals surface area contributed by atoms with Gasteiger partial charge in [0.25, 0.3) is 0 Å². The molecule has 0 aliphatic rings. The molecule has 1 aromatic carbocycles. The van der Waals surface area contributed by atoms with E-state index in [9.17, 15) is 0 Å². The SMILES string of the molecule is COc1ccc(N)c(SCCC(C)(C)C#N)c1. The Balaban J connectivity index is 2.61. The Morgan fingerprint density at radius 1 is 1.47 bits per heavy atom. The molecule has 0 saturated carbocycles. The van der Waals surface area contributed by atoms with Crippen molar-refractivity contribution in [3.63, 3.8) is 0 Å². The molecule has 0 aromatic heterocycles. The maximum Gasteiger partial charge on any atom is 0.120 e. The van der Waals surface area contributed by atoms with Crippen LogP contribution < -0.4 is 10.5 Å². The second-order valence-corrected chi connectivity index (χ2v) is 5.63. The number of nitrogen functional groups attached to an aromatic ring is 1. The quantitative estimate of drug-likeness (QED) is 0.643. The van der Waals surface area contributed by atoms with E-state index in [-0.39, 0.29) is 5.41 Å². The smallest absolute Gasteiger partial charge is 0.120 e. The highest BCUT2D eigenvalue weighted by Gasteiger charge is 2.16. The van der Waals surface area contributed by atoms with Crippen LogP contribution in [0.25, 0.3) is 0 Å². The molecule has 0 unspecified atom stereocenters. The first-order valence-corrected chi connectivity index (χ1v) is 6.44. The summed E-state index contributed by atoms with van der Waals surface area (Å²) in [5.41, 5.74) is 6.36. The summed E-state index contributed by atoms with van der Waals surface area (Å²) in [7, 11) is 1.64. The van der Waals surface area contributed by atoms with Gasteiger partial charge in [0.15, 0.2) is 0 Å². The van der Waals surface area contributed by atoms with Crippen LogP contribution in [0.1, 0.15) is 20.3 Å². The summed E-state index contributed by atoms with van der Waals surface area (Å²) in [5.74, 6) is 1.68. The van der Waals surface area contributed by atoms with Gasteiger partial charge in [0.2, 0.25) is 0 Å². The molecule has 0 fully saturated rings. The first kappa shape index (κ1) is 13.7. The van der Waals surface area contributed by atoms with Gasteiger partial charge in [-0.15, -0.1) is 11.8 Å². The van der Waals surface area contributed by atoms with E-state index < -0.39 is 0 Å². The number of hydrogen-bond acceptors (Lipinski definition) is 4. The van der Waals surface area contributed by atoms with Crippen LogP contribution in [-0.2, 0) is 0 Å². The van der Waals surface area contributed by atoms with Crippen molar-refractivity contribution in [1.82, 2.24) is 0 Å². The first-order valence-electron chi connectivity index (χ1n) is 5.46. The molecule has 1 rings (SSSR count). The lowest BCUT2D eigenvalue weighted by molar-refractivity contribution is 0.414. The largest absolute Gasteiger partial charge is 0.497 e. The van der Waals surface area contributed by atoms with Crippen molar-refractivity contribution < 1.29 is 4.74 Å². The number of nitrogens with two attached hydrogens (primary N) is 1. The van der Waals surface area contributed by atoms with Gasteiger partial charge in [0.1, 0.15) is 5.75 Å². The van der Waals surface area contributed by atoms with Crippen LogP contribution >= 0.6 is 11.8 Å². The molecule has 0 spiro atoms. The first-order chi connectivity index (χ1) is 7.98. The highest BCUT2D eigenvalue weighted by molar-refractivity contribution is 7.99. The number of methoxy groups -OCH3 is 1. The Bertz CT molecular complexity index is 424. The molecule has 2 N–H and O–H groups in total. The summed E-state index contributed by atoms with van der Waals surface area (Å²) >= 11 is 1.66. The summed E-state index contributed by atoms with van der Waals surface area (Å²) in [6.45, 7) is 3.89. The maximum absolute atomic E-state index is 8.92. The second-order valence-electron chi connectivity index (χ2n) is 4.50. The van der Waals surface area contributed by atoms with Crippen molar-refractivity contribution in [3.8, 4) is 11.8 Å². The van der Waals surface area contributed by atoms with E-state index in [0.717, 1.165) is 28.5 Å². The van der Waals surface area contributed by atoms with Gasteiger partial charge in [0, 0.05) is 10.6 Å². The number of benzene rings is 1. The van der Waals surface area contributed by atoms with E-state index in [1.54, 1.807) is 18.9 Å². The maximum atomic E-state index is 8.92. The number of hydrogen-bond donors (Lipinski definition) is 1. The van der Waals surface area contributed by atoms with E-state index in [4.69, 9.17) is 15.7 Å². The van der Waals surface area contributed by atoms with Gasteiger partial charge in [-0.25, -0.2) is 0 Å². The number of ether oxygens (including phenoxy) is 1. The van der Waals surface area contributed by atoms with E-state index in [0.29, 0.717) is 0 Å². The fraction of sp³-hybridized carbons (Fsp3) is 0.462. The van der Waals surface area contributed by atoms with Crippen molar-refractivity contribution in [3.05, 3.63) is 18.2 Å². The number of nitriles is 1. The van der Waals surface area contributed by atoms with Crippen LogP contribution in [-0.4, -0.2) is 12.9 Å². The Morgan fingerprint density at radius 3 is 2.76 bits per heavy atom. The zero-order valence-corrected chi connectivity index (χ0v) is 11.3. The van der Waals surface area contributed by atoms with Crippen LogP contribution in [0.2, 0.25) is 0 Å². The van der Waals surface area contributed by atoms with Crippen molar-refractivity contribution >= 4 is 17.4 Å².